The Morgan fingerprint density at radius 1 is 1.27 bits per heavy atom. The van der Waals surface area contributed by atoms with Crippen LogP contribution in [-0.4, -0.2) is 20.2 Å². The van der Waals surface area contributed by atoms with Crippen molar-refractivity contribution >= 4 is 28.2 Å². The van der Waals surface area contributed by atoms with Crippen molar-refractivity contribution in [2.75, 3.05) is 0 Å². The lowest BCUT2D eigenvalue weighted by atomic mass is 9.86. The third-order valence-corrected chi connectivity index (χ3v) is 6.09. The van der Waals surface area contributed by atoms with Gasteiger partial charge in [-0.2, -0.15) is 0 Å². The zero-order valence-corrected chi connectivity index (χ0v) is 19.6. The molecule has 0 spiro atoms. The molecule has 2 aromatic rings. The zero-order valence-electron chi connectivity index (χ0n) is 18.0. The van der Waals surface area contributed by atoms with Gasteiger partial charge < -0.3 is 10.8 Å². The minimum absolute atomic E-state index is 0.00644. The van der Waals surface area contributed by atoms with Gasteiger partial charge in [0.25, 0.3) is 0 Å². The number of nitrogens with zero attached hydrogens (tertiary/aromatic N) is 1. The maximum atomic E-state index is 13.9. The Balaban J connectivity index is 0.000000325. The molecule has 10 heteroatoms. The molecular formula is C20H29F2N3O3S2. The number of carbonyl (C=O) groups excluding carboxylic acids is 1. The van der Waals surface area contributed by atoms with Crippen LogP contribution in [0.3, 0.4) is 0 Å². The molecule has 168 valence electrons. The second kappa shape index (κ2) is 10.5. The van der Waals surface area contributed by atoms with E-state index < -0.39 is 34.1 Å². The first-order valence-electron chi connectivity index (χ1n) is 9.30. The molecule has 6 nitrogen and oxygen atoms in total. The van der Waals surface area contributed by atoms with E-state index in [1.54, 1.807) is 33.1 Å². The number of aliphatic hydroxyl groups is 1. The molecule has 1 atom stereocenters. The lowest BCUT2D eigenvalue weighted by Crippen LogP contribution is -2.18. The average Bonchev–Trinajstić information content (AvgIpc) is 3.08. The van der Waals surface area contributed by atoms with Gasteiger partial charge in [0.2, 0.25) is 5.91 Å². The van der Waals surface area contributed by atoms with E-state index in [-0.39, 0.29) is 23.8 Å². The van der Waals surface area contributed by atoms with Crippen molar-refractivity contribution in [3.8, 4) is 0 Å². The minimum atomic E-state index is -1.55. The average molecular weight is 462 g/mol. The fourth-order valence-electron chi connectivity index (χ4n) is 2.82. The van der Waals surface area contributed by atoms with Gasteiger partial charge in [-0.15, -0.1) is 11.3 Å². The highest BCUT2D eigenvalue weighted by molar-refractivity contribution is 7.84. The fraction of sp³-hybridized carbons (Fsp3) is 0.500. The van der Waals surface area contributed by atoms with Crippen molar-refractivity contribution in [3.05, 3.63) is 45.5 Å². The zero-order chi connectivity index (χ0) is 23.4. The number of hydrogen-bond acceptors (Lipinski definition) is 5. The lowest BCUT2D eigenvalue weighted by Gasteiger charge is -2.20. The molecule has 0 bridgehead atoms. The van der Waals surface area contributed by atoms with Crippen molar-refractivity contribution in [2.24, 2.45) is 10.9 Å². The molecule has 0 saturated carbocycles. The van der Waals surface area contributed by atoms with Crippen molar-refractivity contribution < 1.29 is 22.9 Å². The van der Waals surface area contributed by atoms with Crippen LogP contribution in [0.25, 0.3) is 0 Å². The van der Waals surface area contributed by atoms with Crippen molar-refractivity contribution in [2.45, 2.75) is 69.7 Å². The molecule has 1 aromatic heterocycles. The minimum Gasteiger partial charge on any atom is -0.384 e. The summed E-state index contributed by atoms with van der Waals surface area (Å²) in [6.07, 6.45) is -0.0573. The molecule has 1 amide bonds. The first-order valence-corrected chi connectivity index (χ1v) is 11.4. The van der Waals surface area contributed by atoms with Crippen LogP contribution in [0.1, 0.15) is 75.8 Å². The Kier molecular flexibility index (Phi) is 9.22. The summed E-state index contributed by atoms with van der Waals surface area (Å²) in [5.41, 5.74) is 6.15. The van der Waals surface area contributed by atoms with Crippen LogP contribution >= 0.6 is 11.3 Å². The molecule has 0 fully saturated rings. The van der Waals surface area contributed by atoms with Crippen LogP contribution in [0.2, 0.25) is 0 Å². The topological polar surface area (TPSA) is 119 Å². The van der Waals surface area contributed by atoms with E-state index in [0.29, 0.717) is 21.2 Å². The highest BCUT2D eigenvalue weighted by Crippen LogP contribution is 2.32. The Morgan fingerprint density at radius 3 is 2.17 bits per heavy atom. The van der Waals surface area contributed by atoms with E-state index >= 15 is 0 Å². The summed E-state index contributed by atoms with van der Waals surface area (Å²) >= 11 is 1.19. The molecule has 0 radical (unpaired) electrons. The van der Waals surface area contributed by atoms with Gasteiger partial charge in [0.05, 0.1) is 12.1 Å². The lowest BCUT2D eigenvalue weighted by molar-refractivity contribution is -0.117. The molecule has 1 heterocycles. The summed E-state index contributed by atoms with van der Waals surface area (Å²) in [6.45, 7) is 10.5. The Morgan fingerprint density at radius 2 is 1.83 bits per heavy atom. The number of aromatic nitrogens is 1. The largest absolute Gasteiger partial charge is 0.384 e. The number of nitrogens with two attached hydrogens (primary N) is 2. The predicted molar refractivity (Wildman–Crippen MR) is 115 cm³/mol. The first kappa shape index (κ1) is 26.3. The molecule has 30 heavy (non-hydrogen) atoms. The fourth-order valence-corrected chi connectivity index (χ4v) is 4.24. The van der Waals surface area contributed by atoms with Gasteiger partial charge in [-0.25, -0.2) is 23.1 Å². The molecule has 5 N–H and O–H groups in total. The Bertz CT molecular complexity index is 923. The summed E-state index contributed by atoms with van der Waals surface area (Å²) in [4.78, 5) is 15.0. The van der Waals surface area contributed by atoms with E-state index in [9.17, 15) is 22.9 Å². The van der Waals surface area contributed by atoms with Crippen molar-refractivity contribution in [1.82, 2.24) is 4.98 Å². The van der Waals surface area contributed by atoms with Gasteiger partial charge in [-0.3, -0.25) is 4.79 Å². The third-order valence-electron chi connectivity index (χ3n) is 4.23. The molecule has 0 saturated heterocycles. The summed E-state index contributed by atoms with van der Waals surface area (Å²) in [5.74, 6) is -2.47. The summed E-state index contributed by atoms with van der Waals surface area (Å²) in [6, 6.07) is 1.17. The number of benzene rings is 1. The smallest absolute Gasteiger partial charge is 0.221 e. The van der Waals surface area contributed by atoms with E-state index in [4.69, 9.17) is 10.9 Å². The van der Waals surface area contributed by atoms with Crippen LogP contribution in [0.5, 0.6) is 0 Å². The number of halogens is 2. The molecule has 1 aromatic carbocycles. The van der Waals surface area contributed by atoms with Gasteiger partial charge in [0, 0.05) is 5.38 Å². The van der Waals surface area contributed by atoms with Crippen molar-refractivity contribution in [3.63, 3.8) is 0 Å². The van der Waals surface area contributed by atoms with E-state index in [1.807, 2.05) is 13.8 Å². The molecule has 1 unspecified atom stereocenters. The molecule has 0 aliphatic heterocycles. The maximum absolute atomic E-state index is 13.9. The maximum Gasteiger partial charge on any atom is 0.221 e. The summed E-state index contributed by atoms with van der Waals surface area (Å²) in [7, 11) is -1.55. The van der Waals surface area contributed by atoms with Crippen LogP contribution in [0.4, 0.5) is 8.78 Å². The highest BCUT2D eigenvalue weighted by atomic mass is 32.2. The van der Waals surface area contributed by atoms with Gasteiger partial charge in [0.15, 0.2) is 27.0 Å². The van der Waals surface area contributed by atoms with Crippen molar-refractivity contribution in [1.29, 1.82) is 0 Å². The summed E-state index contributed by atoms with van der Waals surface area (Å²) in [5, 5.41) is 16.3. The highest BCUT2D eigenvalue weighted by Gasteiger charge is 2.23. The van der Waals surface area contributed by atoms with E-state index in [1.165, 1.54) is 17.4 Å². The van der Waals surface area contributed by atoms with E-state index in [2.05, 4.69) is 4.98 Å². The molecule has 0 aliphatic carbocycles. The normalized spacial score (nSPS) is 12.7. The van der Waals surface area contributed by atoms with Gasteiger partial charge in [-0.1, -0.05) is 27.7 Å². The standard InChI is InChI=1S/C14H19F2NO.C6H10N2O2S2/c1-7(2)9-5-11(15)14(16)13(8(3)4)10(9)6-12(17)18;1-6(2,9)4-3-11-5(8-4)12(7)10/h5,7-8H,6H2,1-4H3,(H2,17,18);3,9H,7H2,1-2H3. The number of primary amides is 1. The van der Waals surface area contributed by atoms with Crippen LogP contribution < -0.4 is 10.9 Å². The third kappa shape index (κ3) is 6.90. The van der Waals surface area contributed by atoms with Gasteiger partial charge >= 0.3 is 0 Å². The quantitative estimate of drug-likeness (QED) is 0.609. The van der Waals surface area contributed by atoms with Crippen LogP contribution in [0.15, 0.2) is 15.8 Å². The number of carbonyl (C=O) groups is 1. The number of thiazole rings is 1. The molecule has 0 aliphatic rings. The Labute approximate surface area is 182 Å². The molecular weight excluding hydrogens is 432 g/mol. The Hall–Kier alpha value is -1.75. The first-order chi connectivity index (χ1) is 13.7. The summed E-state index contributed by atoms with van der Waals surface area (Å²) < 4.78 is 38.5. The SMILES string of the molecule is CC(C)(O)c1csc(S(N)=O)n1.CC(C)c1cc(F)c(F)c(C(C)C)c1CC(N)=O. The number of amides is 1. The monoisotopic (exact) mass is 461 g/mol. The van der Waals surface area contributed by atoms with Gasteiger partial charge in [-0.05, 0) is 48.4 Å². The van der Waals surface area contributed by atoms with E-state index in [0.717, 1.165) is 0 Å². The second-order valence-electron chi connectivity index (χ2n) is 7.96. The number of rotatable bonds is 6. The van der Waals surface area contributed by atoms with Crippen LogP contribution in [0, 0.1) is 11.6 Å². The van der Waals surface area contributed by atoms with Crippen LogP contribution in [-0.2, 0) is 27.8 Å². The van der Waals surface area contributed by atoms with Gasteiger partial charge in [0.1, 0.15) is 5.60 Å². The number of hydrogen-bond donors (Lipinski definition) is 3. The second-order valence-corrected chi connectivity index (χ2v) is 10.1. The molecule has 2 rings (SSSR count). The predicted octanol–water partition coefficient (Wildman–Crippen LogP) is 3.59.